The molecule has 0 bridgehead atoms. The molecule has 6 nitrogen and oxygen atoms in total. The molecule has 2 fully saturated rings. The maximum Gasteiger partial charge on any atom is 0.211 e. The van der Waals surface area contributed by atoms with E-state index in [9.17, 15) is 8.42 Å². The van der Waals surface area contributed by atoms with Crippen LogP contribution >= 0.6 is 0 Å². The van der Waals surface area contributed by atoms with Crippen molar-refractivity contribution < 1.29 is 8.42 Å². The third-order valence-corrected chi connectivity index (χ3v) is 6.02. The van der Waals surface area contributed by atoms with Crippen molar-refractivity contribution in [3.63, 3.8) is 0 Å². The summed E-state index contributed by atoms with van der Waals surface area (Å²) < 4.78 is 26.9. The van der Waals surface area contributed by atoms with E-state index in [1.807, 2.05) is 17.9 Å². The number of hydrogen-bond donors (Lipinski definition) is 0. The second kappa shape index (κ2) is 4.82. The van der Waals surface area contributed by atoms with Crippen LogP contribution in [-0.4, -0.2) is 59.3 Å². The summed E-state index contributed by atoms with van der Waals surface area (Å²) in [7, 11) is -1.10. The van der Waals surface area contributed by atoms with Gasteiger partial charge in [0.25, 0.3) is 0 Å². The molecule has 1 aromatic rings. The van der Waals surface area contributed by atoms with E-state index in [0.29, 0.717) is 12.5 Å². The number of aromatic nitrogens is 2. The molecule has 112 valence electrons. The van der Waals surface area contributed by atoms with Gasteiger partial charge in [-0.1, -0.05) is 0 Å². The molecule has 0 aliphatic carbocycles. The third-order valence-electron chi connectivity index (χ3n) is 4.75. The molecule has 0 radical (unpaired) electrons. The highest BCUT2D eigenvalue weighted by Crippen LogP contribution is 2.34. The first-order valence-corrected chi connectivity index (χ1v) is 8.87. The van der Waals surface area contributed by atoms with Crippen LogP contribution in [-0.2, 0) is 23.6 Å². The molecular weight excluding hydrogens is 276 g/mol. The van der Waals surface area contributed by atoms with Crippen LogP contribution in [0.2, 0.25) is 0 Å². The largest absolute Gasteiger partial charge is 0.297 e. The van der Waals surface area contributed by atoms with Crippen LogP contribution in [0.3, 0.4) is 0 Å². The number of fused-ring (bicyclic) bond motifs is 1. The van der Waals surface area contributed by atoms with Crippen LogP contribution in [0, 0.1) is 12.8 Å². The maximum atomic E-state index is 11.7. The minimum atomic E-state index is -3.05. The Labute approximate surface area is 120 Å². The monoisotopic (exact) mass is 298 g/mol. The highest BCUT2D eigenvalue weighted by atomic mass is 32.2. The molecule has 0 amide bonds. The number of piperidine rings is 1. The van der Waals surface area contributed by atoms with Gasteiger partial charge in [-0.3, -0.25) is 9.58 Å². The van der Waals surface area contributed by atoms with Gasteiger partial charge in [0.1, 0.15) is 0 Å². The van der Waals surface area contributed by atoms with Gasteiger partial charge in [-0.25, -0.2) is 8.42 Å². The van der Waals surface area contributed by atoms with Crippen molar-refractivity contribution in [3.05, 3.63) is 17.5 Å². The van der Waals surface area contributed by atoms with Crippen molar-refractivity contribution >= 4 is 10.0 Å². The Bertz CT molecular complexity index is 610. The van der Waals surface area contributed by atoms with Crippen LogP contribution in [0.4, 0.5) is 0 Å². The summed E-state index contributed by atoms with van der Waals surface area (Å²) in [4.78, 5) is 2.35. The van der Waals surface area contributed by atoms with Gasteiger partial charge in [0.15, 0.2) is 0 Å². The van der Waals surface area contributed by atoms with Crippen molar-refractivity contribution in [2.75, 3.05) is 25.9 Å². The zero-order valence-corrected chi connectivity index (χ0v) is 13.1. The standard InChI is InChI=1S/C13H22N4O2S/c1-10-12(6-14-15(10)2)7-16-5-4-11-8-17(13(11)9-16)20(3,18)19/h6,11,13H,4-5,7-9H2,1-3H3/t11-,13-/m1/s1. The Balaban J connectivity index is 1.67. The highest BCUT2D eigenvalue weighted by molar-refractivity contribution is 7.88. The lowest BCUT2D eigenvalue weighted by Gasteiger charge is -2.52. The summed E-state index contributed by atoms with van der Waals surface area (Å²) in [5.41, 5.74) is 2.41. The lowest BCUT2D eigenvalue weighted by Crippen LogP contribution is -2.65. The molecule has 3 rings (SSSR count). The molecule has 1 aromatic heterocycles. The fourth-order valence-corrected chi connectivity index (χ4v) is 4.47. The Morgan fingerprint density at radius 3 is 2.75 bits per heavy atom. The first-order chi connectivity index (χ1) is 9.36. The van der Waals surface area contributed by atoms with Crippen LogP contribution in [0.15, 0.2) is 6.20 Å². The molecular formula is C13H22N4O2S. The fraction of sp³-hybridized carbons (Fsp3) is 0.769. The Morgan fingerprint density at radius 1 is 1.40 bits per heavy atom. The fourth-order valence-electron chi connectivity index (χ4n) is 3.28. The molecule has 0 aromatic carbocycles. The second-order valence-corrected chi connectivity index (χ2v) is 8.00. The van der Waals surface area contributed by atoms with E-state index in [1.54, 1.807) is 4.31 Å². The molecule has 2 aliphatic rings. The maximum absolute atomic E-state index is 11.7. The van der Waals surface area contributed by atoms with Crippen LogP contribution in [0.5, 0.6) is 0 Å². The number of aryl methyl sites for hydroxylation is 1. The summed E-state index contributed by atoms with van der Waals surface area (Å²) >= 11 is 0. The molecule has 0 saturated carbocycles. The SMILES string of the molecule is Cc1c(CN2CC[C@@H]3CN(S(C)(=O)=O)[C@@H]3C2)cnn1C. The van der Waals surface area contributed by atoms with E-state index >= 15 is 0 Å². The molecule has 0 unspecified atom stereocenters. The first kappa shape index (κ1) is 14.0. The molecule has 2 saturated heterocycles. The van der Waals surface area contributed by atoms with E-state index in [2.05, 4.69) is 16.9 Å². The van der Waals surface area contributed by atoms with Crippen molar-refractivity contribution in [1.82, 2.24) is 19.0 Å². The van der Waals surface area contributed by atoms with Gasteiger partial charge in [0.05, 0.1) is 12.5 Å². The average Bonchev–Trinajstić information content (AvgIpc) is 2.63. The predicted octanol–water partition coefficient (Wildman–Crippen LogP) is 0.194. The summed E-state index contributed by atoms with van der Waals surface area (Å²) in [5.74, 6) is 0.552. The highest BCUT2D eigenvalue weighted by Gasteiger charge is 2.46. The van der Waals surface area contributed by atoms with Crippen molar-refractivity contribution in [1.29, 1.82) is 0 Å². The zero-order chi connectivity index (χ0) is 14.5. The van der Waals surface area contributed by atoms with Crippen molar-refractivity contribution in [2.45, 2.75) is 25.9 Å². The zero-order valence-electron chi connectivity index (χ0n) is 12.3. The minimum absolute atomic E-state index is 0.177. The van der Waals surface area contributed by atoms with E-state index < -0.39 is 10.0 Å². The van der Waals surface area contributed by atoms with E-state index in [4.69, 9.17) is 0 Å². The summed E-state index contributed by atoms with van der Waals surface area (Å²) in [6.07, 6.45) is 4.32. The van der Waals surface area contributed by atoms with E-state index in [1.165, 1.54) is 17.5 Å². The van der Waals surface area contributed by atoms with E-state index in [0.717, 1.165) is 26.1 Å². The molecule has 7 heteroatoms. The molecule has 0 spiro atoms. The van der Waals surface area contributed by atoms with Gasteiger partial charge in [-0.2, -0.15) is 9.40 Å². The Hall–Kier alpha value is -0.920. The summed E-state index contributed by atoms with van der Waals surface area (Å²) in [6.45, 7) is 5.53. The number of likely N-dealkylation sites (tertiary alicyclic amines) is 1. The van der Waals surface area contributed by atoms with Gasteiger partial charge < -0.3 is 0 Å². The number of sulfonamides is 1. The molecule has 2 aliphatic heterocycles. The van der Waals surface area contributed by atoms with Crippen LogP contribution in [0.1, 0.15) is 17.7 Å². The normalized spacial score (nSPS) is 28.1. The van der Waals surface area contributed by atoms with Gasteiger partial charge >= 0.3 is 0 Å². The van der Waals surface area contributed by atoms with Crippen LogP contribution < -0.4 is 0 Å². The summed E-state index contributed by atoms with van der Waals surface area (Å²) in [6, 6.07) is 0.177. The second-order valence-electron chi connectivity index (χ2n) is 6.06. The molecule has 20 heavy (non-hydrogen) atoms. The van der Waals surface area contributed by atoms with Gasteiger partial charge in [-0.05, 0) is 25.8 Å². The lowest BCUT2D eigenvalue weighted by molar-refractivity contribution is 0.0109. The Kier molecular flexibility index (Phi) is 3.38. The number of rotatable bonds is 3. The lowest BCUT2D eigenvalue weighted by atomic mass is 9.85. The minimum Gasteiger partial charge on any atom is -0.297 e. The summed E-state index contributed by atoms with van der Waals surface area (Å²) in [5, 5.41) is 4.27. The van der Waals surface area contributed by atoms with Gasteiger partial charge in [-0.15, -0.1) is 0 Å². The Morgan fingerprint density at radius 2 is 2.15 bits per heavy atom. The smallest absolute Gasteiger partial charge is 0.211 e. The molecule has 0 N–H and O–H groups in total. The molecule has 3 heterocycles. The predicted molar refractivity (Wildman–Crippen MR) is 76.7 cm³/mol. The number of hydrogen-bond acceptors (Lipinski definition) is 4. The average molecular weight is 298 g/mol. The van der Waals surface area contributed by atoms with Crippen molar-refractivity contribution in [3.8, 4) is 0 Å². The van der Waals surface area contributed by atoms with Gasteiger partial charge in [0, 0.05) is 44.0 Å². The quantitative estimate of drug-likeness (QED) is 0.799. The topological polar surface area (TPSA) is 58.4 Å². The van der Waals surface area contributed by atoms with E-state index in [-0.39, 0.29) is 6.04 Å². The molecule has 2 atom stereocenters. The first-order valence-electron chi connectivity index (χ1n) is 7.03. The third kappa shape index (κ3) is 2.38. The van der Waals surface area contributed by atoms with Crippen LogP contribution in [0.25, 0.3) is 0 Å². The number of nitrogens with zero attached hydrogens (tertiary/aromatic N) is 4. The van der Waals surface area contributed by atoms with Crippen molar-refractivity contribution in [2.24, 2.45) is 13.0 Å². The van der Waals surface area contributed by atoms with Gasteiger partial charge in [0.2, 0.25) is 10.0 Å².